The number of carbonyl (C=O) groups excluding carboxylic acids is 1. The van der Waals surface area contributed by atoms with E-state index in [0.717, 1.165) is 16.8 Å². The molecule has 3 N–H and O–H groups in total. The zero-order valence-corrected chi connectivity index (χ0v) is 14.9. The van der Waals surface area contributed by atoms with Gasteiger partial charge in [0.05, 0.1) is 11.9 Å². The molecule has 0 spiro atoms. The van der Waals surface area contributed by atoms with Crippen molar-refractivity contribution in [2.45, 2.75) is 6.92 Å². The molecule has 0 saturated carbocycles. The van der Waals surface area contributed by atoms with Gasteiger partial charge in [0.2, 0.25) is 5.13 Å². The number of anilines is 2. The summed E-state index contributed by atoms with van der Waals surface area (Å²) in [6, 6.07) is 12.6. The molecular formula is C18H15ClN4OS. The summed E-state index contributed by atoms with van der Waals surface area (Å²) in [5, 5.41) is 7.41. The minimum atomic E-state index is -0.0235. The molecule has 3 rings (SSSR count). The Morgan fingerprint density at radius 3 is 2.88 bits per heavy atom. The number of aromatic nitrogens is 1. The molecular weight excluding hydrogens is 356 g/mol. The van der Waals surface area contributed by atoms with E-state index in [0.29, 0.717) is 21.4 Å². The van der Waals surface area contributed by atoms with E-state index in [1.165, 1.54) is 18.3 Å². The van der Waals surface area contributed by atoms with E-state index in [2.05, 4.69) is 15.5 Å². The average Bonchev–Trinajstić information content (AvgIpc) is 3.05. The van der Waals surface area contributed by atoms with Crippen LogP contribution in [0.15, 0.2) is 52.9 Å². The van der Waals surface area contributed by atoms with Crippen molar-refractivity contribution in [3.05, 3.63) is 64.0 Å². The molecule has 0 saturated heterocycles. The number of hydrogen-bond donors (Lipinski definition) is 2. The zero-order valence-electron chi connectivity index (χ0n) is 13.4. The van der Waals surface area contributed by atoms with Crippen LogP contribution < -0.4 is 11.2 Å². The highest BCUT2D eigenvalue weighted by Crippen LogP contribution is 2.26. The standard InChI is InChI=1S/C18H15ClN4OS/c1-11(24)12-5-6-14(16(20)8-12)9-21-23-18-22-17(10-25-18)13-3-2-4-15(19)7-13/h2-10H,20H2,1H3,(H,22,23)/b21-9+. The molecule has 7 heteroatoms. The van der Waals surface area contributed by atoms with Gasteiger partial charge in [-0.15, -0.1) is 11.3 Å². The Bertz CT molecular complexity index is 952. The van der Waals surface area contributed by atoms with Crippen LogP contribution in [-0.4, -0.2) is 17.0 Å². The maximum absolute atomic E-state index is 11.3. The summed E-state index contributed by atoms with van der Waals surface area (Å²) in [5.41, 5.74) is 12.4. The number of hydrazone groups is 1. The molecule has 1 aromatic heterocycles. The molecule has 126 valence electrons. The quantitative estimate of drug-likeness (QED) is 0.295. The summed E-state index contributed by atoms with van der Waals surface area (Å²) in [6.07, 6.45) is 1.60. The van der Waals surface area contributed by atoms with Crippen molar-refractivity contribution in [1.29, 1.82) is 0 Å². The predicted octanol–water partition coefficient (Wildman–Crippen LogP) is 4.69. The molecule has 0 aliphatic rings. The summed E-state index contributed by atoms with van der Waals surface area (Å²) in [7, 11) is 0. The van der Waals surface area contributed by atoms with E-state index in [9.17, 15) is 4.79 Å². The van der Waals surface area contributed by atoms with Crippen molar-refractivity contribution < 1.29 is 4.79 Å². The van der Waals surface area contributed by atoms with Gasteiger partial charge in [-0.1, -0.05) is 35.9 Å². The minimum Gasteiger partial charge on any atom is -0.398 e. The van der Waals surface area contributed by atoms with E-state index in [1.54, 1.807) is 24.4 Å². The second-order valence-corrected chi connectivity index (χ2v) is 6.61. The van der Waals surface area contributed by atoms with E-state index < -0.39 is 0 Å². The van der Waals surface area contributed by atoms with Gasteiger partial charge in [-0.3, -0.25) is 10.2 Å². The highest BCUT2D eigenvalue weighted by Gasteiger charge is 2.05. The third-order valence-electron chi connectivity index (χ3n) is 3.48. The van der Waals surface area contributed by atoms with Crippen molar-refractivity contribution >= 4 is 45.8 Å². The Balaban J connectivity index is 1.70. The van der Waals surface area contributed by atoms with Gasteiger partial charge in [0.15, 0.2) is 5.78 Å². The maximum atomic E-state index is 11.3. The van der Waals surface area contributed by atoms with Crippen molar-refractivity contribution in [2.75, 3.05) is 11.2 Å². The van der Waals surface area contributed by atoms with Crippen LogP contribution in [0.5, 0.6) is 0 Å². The Kier molecular flexibility index (Phi) is 5.11. The van der Waals surface area contributed by atoms with Gasteiger partial charge in [-0.25, -0.2) is 4.98 Å². The first-order valence-electron chi connectivity index (χ1n) is 7.44. The number of thiazole rings is 1. The third-order valence-corrected chi connectivity index (χ3v) is 4.46. The van der Waals surface area contributed by atoms with Gasteiger partial charge in [-0.05, 0) is 25.1 Å². The first kappa shape index (κ1) is 17.1. The Morgan fingerprint density at radius 1 is 1.32 bits per heavy atom. The number of hydrogen-bond acceptors (Lipinski definition) is 6. The Hall–Kier alpha value is -2.70. The lowest BCUT2D eigenvalue weighted by atomic mass is 10.1. The van der Waals surface area contributed by atoms with Crippen LogP contribution in [0.25, 0.3) is 11.3 Å². The Labute approximate surface area is 154 Å². The SMILES string of the molecule is CC(=O)c1ccc(/C=N/Nc2nc(-c3cccc(Cl)c3)cs2)c(N)c1. The second kappa shape index (κ2) is 7.46. The van der Waals surface area contributed by atoms with Crippen LogP contribution >= 0.6 is 22.9 Å². The average molecular weight is 371 g/mol. The van der Waals surface area contributed by atoms with Gasteiger partial charge in [0, 0.05) is 32.8 Å². The highest BCUT2D eigenvalue weighted by atomic mass is 35.5. The molecule has 1 heterocycles. The summed E-state index contributed by atoms with van der Waals surface area (Å²) < 4.78 is 0. The summed E-state index contributed by atoms with van der Waals surface area (Å²) in [6.45, 7) is 1.50. The molecule has 2 aromatic carbocycles. The van der Waals surface area contributed by atoms with Crippen molar-refractivity contribution in [3.8, 4) is 11.3 Å². The normalized spacial score (nSPS) is 11.0. The first-order chi connectivity index (χ1) is 12.0. The molecule has 25 heavy (non-hydrogen) atoms. The highest BCUT2D eigenvalue weighted by molar-refractivity contribution is 7.14. The molecule has 0 amide bonds. The number of ketones is 1. The van der Waals surface area contributed by atoms with Gasteiger partial charge in [0.25, 0.3) is 0 Å². The molecule has 0 bridgehead atoms. The third kappa shape index (κ3) is 4.23. The lowest BCUT2D eigenvalue weighted by Crippen LogP contribution is -1.99. The van der Waals surface area contributed by atoms with Gasteiger partial charge >= 0.3 is 0 Å². The Morgan fingerprint density at radius 2 is 2.16 bits per heavy atom. The fourth-order valence-corrected chi connectivity index (χ4v) is 3.03. The molecule has 3 aromatic rings. The van der Waals surface area contributed by atoms with Crippen LogP contribution in [0.1, 0.15) is 22.8 Å². The number of nitrogens with zero attached hydrogens (tertiary/aromatic N) is 2. The first-order valence-corrected chi connectivity index (χ1v) is 8.69. The van der Waals surface area contributed by atoms with Crippen LogP contribution in [0.2, 0.25) is 5.02 Å². The second-order valence-electron chi connectivity index (χ2n) is 5.32. The zero-order chi connectivity index (χ0) is 17.8. The van der Waals surface area contributed by atoms with Crippen molar-refractivity contribution in [3.63, 3.8) is 0 Å². The molecule has 0 unspecified atom stereocenters. The monoisotopic (exact) mass is 370 g/mol. The lowest BCUT2D eigenvalue weighted by molar-refractivity contribution is 0.101. The van der Waals surface area contributed by atoms with Crippen LogP contribution in [-0.2, 0) is 0 Å². The topological polar surface area (TPSA) is 80.4 Å². The van der Waals surface area contributed by atoms with Crippen LogP contribution in [0, 0.1) is 0 Å². The van der Waals surface area contributed by atoms with Gasteiger partial charge in [-0.2, -0.15) is 5.10 Å². The maximum Gasteiger partial charge on any atom is 0.203 e. The smallest absolute Gasteiger partial charge is 0.203 e. The molecule has 0 fully saturated rings. The molecule has 0 radical (unpaired) electrons. The predicted molar refractivity (Wildman–Crippen MR) is 105 cm³/mol. The number of rotatable bonds is 5. The lowest BCUT2D eigenvalue weighted by Gasteiger charge is -2.02. The largest absolute Gasteiger partial charge is 0.398 e. The summed E-state index contributed by atoms with van der Waals surface area (Å²) >= 11 is 7.44. The van der Waals surface area contributed by atoms with Gasteiger partial charge < -0.3 is 5.73 Å². The number of nitrogens with one attached hydrogen (secondary N) is 1. The van der Waals surface area contributed by atoms with Crippen molar-refractivity contribution in [2.24, 2.45) is 5.10 Å². The fourth-order valence-electron chi connectivity index (χ4n) is 2.17. The number of nitrogens with two attached hydrogens (primary N) is 1. The van der Waals surface area contributed by atoms with E-state index >= 15 is 0 Å². The molecule has 5 nitrogen and oxygen atoms in total. The fraction of sp³-hybridized carbons (Fsp3) is 0.0556. The van der Waals surface area contributed by atoms with Crippen molar-refractivity contribution in [1.82, 2.24) is 4.98 Å². The van der Waals surface area contributed by atoms with Gasteiger partial charge in [0.1, 0.15) is 0 Å². The van der Waals surface area contributed by atoms with E-state index in [4.69, 9.17) is 17.3 Å². The summed E-state index contributed by atoms with van der Waals surface area (Å²) in [4.78, 5) is 15.8. The number of nitrogen functional groups attached to an aromatic ring is 1. The molecule has 0 atom stereocenters. The minimum absolute atomic E-state index is 0.0235. The van der Waals surface area contributed by atoms with E-state index in [1.807, 2.05) is 29.6 Å². The van der Waals surface area contributed by atoms with Crippen LogP contribution in [0.4, 0.5) is 10.8 Å². The number of halogens is 1. The number of benzene rings is 2. The van der Waals surface area contributed by atoms with Crippen LogP contribution in [0.3, 0.4) is 0 Å². The molecule has 0 aliphatic carbocycles. The number of Topliss-reactive ketones (excluding diaryl/α,β-unsaturated/α-hetero) is 1. The van der Waals surface area contributed by atoms with E-state index in [-0.39, 0.29) is 5.78 Å². The number of carbonyl (C=O) groups is 1. The molecule has 0 aliphatic heterocycles. The summed E-state index contributed by atoms with van der Waals surface area (Å²) in [5.74, 6) is -0.0235.